The van der Waals surface area contributed by atoms with Gasteiger partial charge in [-0.05, 0) is 26.9 Å². The van der Waals surface area contributed by atoms with E-state index in [1.807, 2.05) is 6.92 Å². The van der Waals surface area contributed by atoms with Gasteiger partial charge in [0.2, 0.25) is 0 Å². The number of hydrogen-bond acceptors (Lipinski definition) is 3. The van der Waals surface area contributed by atoms with E-state index in [0.717, 1.165) is 42.7 Å². The lowest BCUT2D eigenvalue weighted by Gasteiger charge is -2.20. The number of aromatic nitrogens is 2. The van der Waals surface area contributed by atoms with Crippen molar-refractivity contribution in [2.24, 2.45) is 0 Å². The first-order chi connectivity index (χ1) is 7.18. The van der Waals surface area contributed by atoms with Crippen LogP contribution >= 0.6 is 11.6 Å². The Morgan fingerprint density at radius 3 is 2.73 bits per heavy atom. The number of likely N-dealkylation sites (N-methyl/N-ethyl adjacent to an activating group) is 1. The molecule has 0 amide bonds. The van der Waals surface area contributed by atoms with Crippen molar-refractivity contribution < 1.29 is 0 Å². The Balaban J connectivity index is 2.13. The number of aromatic amines is 1. The van der Waals surface area contributed by atoms with Crippen molar-refractivity contribution >= 4 is 17.4 Å². The van der Waals surface area contributed by atoms with Crippen LogP contribution in [0.3, 0.4) is 0 Å². The van der Waals surface area contributed by atoms with Crippen LogP contribution in [-0.2, 0) is 0 Å². The van der Waals surface area contributed by atoms with Crippen molar-refractivity contribution in [2.45, 2.75) is 13.3 Å². The fourth-order valence-corrected chi connectivity index (χ4v) is 2.07. The molecule has 0 atom stereocenters. The Labute approximate surface area is 95.2 Å². The Morgan fingerprint density at radius 1 is 1.27 bits per heavy atom. The van der Waals surface area contributed by atoms with E-state index in [4.69, 9.17) is 11.6 Å². The van der Waals surface area contributed by atoms with E-state index < -0.39 is 0 Å². The summed E-state index contributed by atoms with van der Waals surface area (Å²) in [6, 6.07) is 0. The molecule has 1 saturated heterocycles. The Morgan fingerprint density at radius 2 is 2.07 bits per heavy atom. The predicted molar refractivity (Wildman–Crippen MR) is 62.7 cm³/mol. The van der Waals surface area contributed by atoms with Crippen molar-refractivity contribution in [3.05, 3.63) is 10.7 Å². The summed E-state index contributed by atoms with van der Waals surface area (Å²) in [5.74, 6) is 0.907. The highest BCUT2D eigenvalue weighted by molar-refractivity contribution is 6.33. The summed E-state index contributed by atoms with van der Waals surface area (Å²) in [6.07, 6.45) is 1.17. The molecule has 1 aromatic heterocycles. The molecule has 2 rings (SSSR count). The molecular formula is C10H17ClN4. The standard InChI is InChI=1S/C10H17ClN4/c1-8-9(11)10(13-12-8)15-5-3-4-14(2)6-7-15/h3-7H2,1-2H3,(H,12,13). The van der Waals surface area contributed by atoms with Gasteiger partial charge in [0, 0.05) is 19.6 Å². The van der Waals surface area contributed by atoms with Crippen LogP contribution < -0.4 is 4.90 Å². The maximum atomic E-state index is 6.18. The topological polar surface area (TPSA) is 35.2 Å². The molecule has 5 heteroatoms. The number of H-pyrrole nitrogens is 1. The highest BCUT2D eigenvalue weighted by atomic mass is 35.5. The van der Waals surface area contributed by atoms with E-state index in [2.05, 4.69) is 27.0 Å². The van der Waals surface area contributed by atoms with Crippen molar-refractivity contribution in [1.29, 1.82) is 0 Å². The Bertz CT molecular complexity index is 336. The molecule has 1 N–H and O–H groups in total. The number of hydrogen-bond donors (Lipinski definition) is 1. The second kappa shape index (κ2) is 4.41. The number of halogens is 1. The molecule has 0 spiro atoms. The van der Waals surface area contributed by atoms with Crippen molar-refractivity contribution in [3.8, 4) is 0 Å². The van der Waals surface area contributed by atoms with Crippen molar-refractivity contribution in [2.75, 3.05) is 38.1 Å². The molecule has 0 radical (unpaired) electrons. The van der Waals surface area contributed by atoms with Crippen LogP contribution in [-0.4, -0.2) is 48.3 Å². The number of aryl methyl sites for hydroxylation is 1. The minimum atomic E-state index is 0.763. The predicted octanol–water partition coefficient (Wildman–Crippen LogP) is 1.51. The normalized spacial score (nSPS) is 19.3. The molecule has 0 aromatic carbocycles. The molecule has 84 valence electrons. The van der Waals surface area contributed by atoms with Gasteiger partial charge in [-0.15, -0.1) is 0 Å². The fourth-order valence-electron chi connectivity index (χ4n) is 1.87. The van der Waals surface area contributed by atoms with Gasteiger partial charge >= 0.3 is 0 Å². The molecule has 1 fully saturated rings. The summed E-state index contributed by atoms with van der Waals surface area (Å²) < 4.78 is 0. The molecule has 1 aliphatic heterocycles. The van der Waals surface area contributed by atoms with E-state index >= 15 is 0 Å². The van der Waals surface area contributed by atoms with Gasteiger partial charge in [-0.2, -0.15) is 5.10 Å². The second-order valence-electron chi connectivity index (χ2n) is 4.13. The third-order valence-corrected chi connectivity index (χ3v) is 3.33. The van der Waals surface area contributed by atoms with E-state index in [1.54, 1.807) is 0 Å². The first-order valence-corrected chi connectivity index (χ1v) is 5.70. The van der Waals surface area contributed by atoms with Crippen LogP contribution in [0.25, 0.3) is 0 Å². The SMILES string of the molecule is Cc1[nH]nc(N2CCCN(C)CC2)c1Cl. The number of rotatable bonds is 1. The monoisotopic (exact) mass is 228 g/mol. The summed E-state index contributed by atoms with van der Waals surface area (Å²) in [4.78, 5) is 4.60. The molecule has 0 saturated carbocycles. The molecule has 0 bridgehead atoms. The smallest absolute Gasteiger partial charge is 0.169 e. The zero-order chi connectivity index (χ0) is 10.8. The van der Waals surface area contributed by atoms with Crippen LogP contribution in [0.4, 0.5) is 5.82 Å². The first-order valence-electron chi connectivity index (χ1n) is 5.32. The lowest BCUT2D eigenvalue weighted by Crippen LogP contribution is -2.29. The maximum absolute atomic E-state index is 6.18. The molecule has 1 aromatic rings. The molecule has 1 aliphatic rings. The number of nitrogens with one attached hydrogen (secondary N) is 1. The van der Waals surface area contributed by atoms with Crippen molar-refractivity contribution in [3.63, 3.8) is 0 Å². The van der Waals surface area contributed by atoms with Gasteiger partial charge in [0.05, 0.1) is 5.69 Å². The lowest BCUT2D eigenvalue weighted by molar-refractivity contribution is 0.360. The minimum absolute atomic E-state index is 0.763. The molecule has 0 unspecified atom stereocenters. The van der Waals surface area contributed by atoms with Gasteiger partial charge in [-0.1, -0.05) is 11.6 Å². The maximum Gasteiger partial charge on any atom is 0.169 e. The zero-order valence-electron chi connectivity index (χ0n) is 9.26. The van der Waals surface area contributed by atoms with Crippen molar-refractivity contribution in [1.82, 2.24) is 15.1 Å². The fraction of sp³-hybridized carbons (Fsp3) is 0.700. The van der Waals surface area contributed by atoms with E-state index in [-0.39, 0.29) is 0 Å². The summed E-state index contributed by atoms with van der Waals surface area (Å²) in [7, 11) is 2.15. The molecule has 2 heterocycles. The van der Waals surface area contributed by atoms with Gasteiger partial charge in [0.25, 0.3) is 0 Å². The first kappa shape index (κ1) is 10.8. The van der Waals surface area contributed by atoms with Crippen LogP contribution in [0, 0.1) is 6.92 Å². The summed E-state index contributed by atoms with van der Waals surface area (Å²) in [5.41, 5.74) is 0.948. The van der Waals surface area contributed by atoms with Gasteiger partial charge in [-0.25, -0.2) is 0 Å². The number of anilines is 1. The van der Waals surface area contributed by atoms with Crippen LogP contribution in [0.1, 0.15) is 12.1 Å². The van der Waals surface area contributed by atoms with Gasteiger partial charge in [0.15, 0.2) is 5.82 Å². The quantitative estimate of drug-likeness (QED) is 0.792. The Kier molecular flexibility index (Phi) is 3.17. The zero-order valence-corrected chi connectivity index (χ0v) is 10.0. The number of nitrogens with zero attached hydrogens (tertiary/aromatic N) is 3. The average molecular weight is 229 g/mol. The second-order valence-corrected chi connectivity index (χ2v) is 4.51. The molecular weight excluding hydrogens is 212 g/mol. The van der Waals surface area contributed by atoms with Crippen LogP contribution in [0.15, 0.2) is 0 Å². The molecule has 15 heavy (non-hydrogen) atoms. The average Bonchev–Trinajstić information content (AvgIpc) is 2.43. The highest BCUT2D eigenvalue weighted by Gasteiger charge is 2.18. The minimum Gasteiger partial charge on any atom is -0.353 e. The van der Waals surface area contributed by atoms with E-state index in [1.165, 1.54) is 6.42 Å². The molecule has 4 nitrogen and oxygen atoms in total. The lowest BCUT2D eigenvalue weighted by atomic mass is 10.3. The third-order valence-electron chi connectivity index (χ3n) is 2.87. The third kappa shape index (κ3) is 2.26. The molecule has 0 aliphatic carbocycles. The van der Waals surface area contributed by atoms with E-state index in [9.17, 15) is 0 Å². The van der Waals surface area contributed by atoms with Gasteiger partial charge in [-0.3, -0.25) is 5.10 Å². The van der Waals surface area contributed by atoms with Gasteiger partial charge in [0.1, 0.15) is 5.02 Å². The van der Waals surface area contributed by atoms with Crippen LogP contribution in [0.2, 0.25) is 5.02 Å². The Hall–Kier alpha value is -0.740. The summed E-state index contributed by atoms with van der Waals surface area (Å²) >= 11 is 6.18. The highest BCUT2D eigenvalue weighted by Crippen LogP contribution is 2.26. The largest absolute Gasteiger partial charge is 0.353 e. The summed E-state index contributed by atoms with van der Waals surface area (Å²) in [5, 5.41) is 7.95. The van der Waals surface area contributed by atoms with Gasteiger partial charge < -0.3 is 9.80 Å². The summed E-state index contributed by atoms with van der Waals surface area (Å²) in [6.45, 7) is 6.21. The van der Waals surface area contributed by atoms with Crippen LogP contribution in [0.5, 0.6) is 0 Å². The van der Waals surface area contributed by atoms with E-state index in [0.29, 0.717) is 0 Å².